The molecule has 0 radical (unpaired) electrons. The van der Waals surface area contributed by atoms with Gasteiger partial charge in [-0.1, -0.05) is 31.1 Å². The number of morpholine rings is 1. The highest BCUT2D eigenvalue weighted by Gasteiger charge is 2.62. The lowest BCUT2D eigenvalue weighted by molar-refractivity contribution is -0.141. The van der Waals surface area contributed by atoms with Crippen LogP contribution in [0.25, 0.3) is 0 Å². The molecule has 7 rings (SSSR count). The van der Waals surface area contributed by atoms with Crippen molar-refractivity contribution in [1.82, 2.24) is 30.1 Å². The predicted molar refractivity (Wildman–Crippen MR) is 229 cm³/mol. The van der Waals surface area contributed by atoms with Crippen molar-refractivity contribution in [3.8, 4) is 5.75 Å². The number of carbonyl (C=O) groups is 6. The van der Waals surface area contributed by atoms with Gasteiger partial charge < -0.3 is 44.1 Å². The minimum Gasteiger partial charge on any atom is -0.494 e. The van der Waals surface area contributed by atoms with Gasteiger partial charge in [0.05, 0.1) is 38.2 Å². The monoisotopic (exact) mass is 914 g/mol. The van der Waals surface area contributed by atoms with Crippen LogP contribution in [0.2, 0.25) is 0 Å². The maximum atomic E-state index is 14.5. The van der Waals surface area contributed by atoms with Gasteiger partial charge in [0.2, 0.25) is 21.8 Å². The second-order valence-corrected chi connectivity index (χ2v) is 20.5. The highest BCUT2D eigenvalue weighted by molar-refractivity contribution is 7.91. The number of benzene rings is 1. The van der Waals surface area contributed by atoms with E-state index in [4.69, 9.17) is 23.7 Å². The quantitative estimate of drug-likeness (QED) is 0.164. The molecule has 5 atom stereocenters. The summed E-state index contributed by atoms with van der Waals surface area (Å²) in [6.45, 7) is 8.18. The summed E-state index contributed by atoms with van der Waals surface area (Å²) in [5, 5.41) is 4.87. The average molecular weight is 915 g/mol. The predicted octanol–water partition coefficient (Wildman–Crippen LogP) is 3.63. The first-order valence-electron chi connectivity index (χ1n) is 22.6. The third-order valence-corrected chi connectivity index (χ3v) is 14.1. The second kappa shape index (κ2) is 20.0. The number of hydrogen-bond acceptors (Lipinski definition) is 13. The van der Waals surface area contributed by atoms with Crippen molar-refractivity contribution >= 4 is 46.0 Å². The van der Waals surface area contributed by atoms with E-state index in [1.807, 2.05) is 30.4 Å². The Bertz CT molecular complexity index is 2070. The highest BCUT2D eigenvalue weighted by atomic mass is 32.2. The molecule has 6 amide bonds. The Kier molecular flexibility index (Phi) is 14.6. The molecule has 4 heterocycles. The Hall–Kier alpha value is -5.11. The van der Waals surface area contributed by atoms with Crippen molar-refractivity contribution in [2.75, 3.05) is 46.1 Å². The molecule has 2 saturated heterocycles. The molecule has 3 N–H and O–H groups in total. The van der Waals surface area contributed by atoms with Gasteiger partial charge in [-0.2, -0.15) is 0 Å². The Morgan fingerprint density at radius 3 is 2.44 bits per heavy atom. The number of sulfonamides is 1. The summed E-state index contributed by atoms with van der Waals surface area (Å²) >= 11 is 0. The van der Waals surface area contributed by atoms with Crippen LogP contribution in [0.1, 0.15) is 103 Å². The van der Waals surface area contributed by atoms with E-state index in [1.54, 1.807) is 25.7 Å². The molecule has 4 aliphatic heterocycles. The van der Waals surface area contributed by atoms with Crippen molar-refractivity contribution in [3.63, 3.8) is 0 Å². The van der Waals surface area contributed by atoms with Gasteiger partial charge in [-0.25, -0.2) is 22.8 Å². The number of nitrogens with zero attached hydrogens (tertiary/aromatic N) is 3. The zero-order valence-corrected chi connectivity index (χ0v) is 37.8. The summed E-state index contributed by atoms with van der Waals surface area (Å²) in [6, 6.07) is 3.29. The molecule has 6 aliphatic rings. The van der Waals surface area contributed by atoms with Gasteiger partial charge in [0.1, 0.15) is 35.1 Å². The van der Waals surface area contributed by atoms with Gasteiger partial charge in [0, 0.05) is 38.5 Å². The molecule has 2 aliphatic carbocycles. The smallest absolute Gasteiger partial charge is 0.410 e. The SMILES string of the molecule is CC(C)(C)OC(=O)N[C@H]1CCCCC/C=C\[C@H]2C[C@@]2(C(=O)NS(=O)(=O)C2CC2)NC(=O)C2C[C@@H](OC(=O)N3Cc4ccc(OCCCCOC(=O)N5CCOCC5)cc4C3)CN2C1=O. The fourth-order valence-corrected chi connectivity index (χ4v) is 9.86. The summed E-state index contributed by atoms with van der Waals surface area (Å²) in [5.41, 5.74) is -0.623. The van der Waals surface area contributed by atoms with Crippen molar-refractivity contribution in [1.29, 1.82) is 0 Å². The number of unbranched alkanes of at least 4 members (excludes halogenated alkanes) is 1. The largest absolute Gasteiger partial charge is 0.494 e. The summed E-state index contributed by atoms with van der Waals surface area (Å²) in [4.78, 5) is 86.0. The van der Waals surface area contributed by atoms with Crippen LogP contribution in [-0.2, 0) is 56.4 Å². The molecule has 1 unspecified atom stereocenters. The third-order valence-electron chi connectivity index (χ3n) is 12.3. The molecule has 2 saturated carbocycles. The lowest BCUT2D eigenvalue weighted by Gasteiger charge is -2.30. The van der Waals surface area contributed by atoms with Crippen LogP contribution in [-0.4, -0.2) is 140 Å². The number of ether oxygens (including phenoxy) is 5. The first-order valence-corrected chi connectivity index (χ1v) is 24.1. The molecule has 64 heavy (non-hydrogen) atoms. The van der Waals surface area contributed by atoms with Crippen LogP contribution in [0.5, 0.6) is 5.75 Å². The number of nitrogens with one attached hydrogen (secondary N) is 3. The van der Waals surface area contributed by atoms with Crippen LogP contribution in [0.15, 0.2) is 30.4 Å². The molecular weight excluding hydrogens is 853 g/mol. The van der Waals surface area contributed by atoms with Crippen molar-refractivity contribution in [3.05, 3.63) is 41.5 Å². The van der Waals surface area contributed by atoms with Crippen LogP contribution < -0.4 is 20.1 Å². The first-order chi connectivity index (χ1) is 30.5. The maximum absolute atomic E-state index is 14.5. The van der Waals surface area contributed by atoms with Gasteiger partial charge in [-0.15, -0.1) is 0 Å². The van der Waals surface area contributed by atoms with Crippen LogP contribution in [0, 0.1) is 5.92 Å². The molecule has 0 aromatic heterocycles. The Morgan fingerprint density at radius 1 is 0.938 bits per heavy atom. The molecule has 352 valence electrons. The number of carbonyl (C=O) groups excluding carboxylic acids is 6. The summed E-state index contributed by atoms with van der Waals surface area (Å²) in [5.74, 6) is -1.96. The zero-order valence-electron chi connectivity index (χ0n) is 37.0. The van der Waals surface area contributed by atoms with Gasteiger partial charge in [0.15, 0.2) is 0 Å². The van der Waals surface area contributed by atoms with Crippen molar-refractivity contribution in [2.45, 2.75) is 139 Å². The molecule has 1 aromatic carbocycles. The van der Waals surface area contributed by atoms with E-state index in [9.17, 15) is 37.2 Å². The Morgan fingerprint density at radius 2 is 1.69 bits per heavy atom. The van der Waals surface area contributed by atoms with Crippen LogP contribution in [0.3, 0.4) is 0 Å². The van der Waals surface area contributed by atoms with Crippen molar-refractivity contribution in [2.24, 2.45) is 5.92 Å². The number of alkyl carbamates (subject to hydrolysis) is 1. The van der Waals surface area contributed by atoms with E-state index in [0.29, 0.717) is 77.2 Å². The topological polar surface area (TPSA) is 229 Å². The van der Waals surface area contributed by atoms with Crippen molar-refractivity contribution < 1.29 is 60.9 Å². The minimum atomic E-state index is -3.93. The van der Waals surface area contributed by atoms with E-state index in [-0.39, 0.29) is 51.6 Å². The van der Waals surface area contributed by atoms with Gasteiger partial charge in [0.25, 0.3) is 5.91 Å². The summed E-state index contributed by atoms with van der Waals surface area (Å²) in [6.07, 6.45) is 6.25. The molecule has 0 bridgehead atoms. The first kappa shape index (κ1) is 46.9. The molecule has 4 fully saturated rings. The zero-order chi connectivity index (χ0) is 45.6. The molecule has 19 nitrogen and oxygen atoms in total. The normalized spacial score (nSPS) is 26.8. The molecule has 0 spiro atoms. The van der Waals surface area contributed by atoms with Gasteiger partial charge in [-0.3, -0.25) is 24.0 Å². The Labute approximate surface area is 374 Å². The molecular formula is C44H62N6O13S. The molecule has 20 heteroatoms. The van der Waals surface area contributed by atoms with E-state index in [2.05, 4.69) is 15.4 Å². The van der Waals surface area contributed by atoms with Crippen LogP contribution >= 0.6 is 0 Å². The van der Waals surface area contributed by atoms with E-state index < -0.39 is 80.4 Å². The Balaban J connectivity index is 0.995. The molecule has 1 aromatic rings. The fourth-order valence-electron chi connectivity index (χ4n) is 8.49. The average Bonchev–Trinajstić information content (AvgIpc) is 4.14. The van der Waals surface area contributed by atoms with Gasteiger partial charge >= 0.3 is 18.3 Å². The van der Waals surface area contributed by atoms with E-state index >= 15 is 0 Å². The maximum Gasteiger partial charge on any atom is 0.410 e. The second-order valence-electron chi connectivity index (χ2n) is 18.5. The highest BCUT2D eigenvalue weighted by Crippen LogP contribution is 2.46. The third kappa shape index (κ3) is 12.0. The summed E-state index contributed by atoms with van der Waals surface area (Å²) < 4.78 is 56.0. The number of allylic oxidation sites excluding steroid dienone is 1. The van der Waals surface area contributed by atoms with Gasteiger partial charge in [-0.05, 0) is 95.4 Å². The lowest BCUT2D eigenvalue weighted by atomic mass is 10.0. The van der Waals surface area contributed by atoms with E-state index in [1.165, 1.54) is 9.80 Å². The number of amides is 6. The van der Waals surface area contributed by atoms with E-state index in [0.717, 1.165) is 24.0 Å². The number of hydrogen-bond donors (Lipinski definition) is 3. The minimum absolute atomic E-state index is 0.105. The standard InChI is InChI=1S/C44H62N6O13S/c1-43(2,3)63-40(54)45-35-12-8-6-4-5-7-11-31-25-44(31,39(53)47-64(57,58)34-15-16-34)46-37(51)36-24-33(28-50(36)38(35)52)62-42(56)49-26-29-13-14-32(23-30(29)27-49)60-19-9-10-20-61-41(55)48-17-21-59-22-18-48/h7,11,13-14,23,31,33-36H,4-6,8-10,12,15-22,24-28H2,1-3H3,(H,45,54)(H,46,51)(H,47,53)/b11-7-/t31-,33+,35-,36?,44+/m0/s1. The van der Waals surface area contributed by atoms with Crippen LogP contribution in [0.4, 0.5) is 14.4 Å². The fraction of sp³-hybridized carbons (Fsp3) is 0.682. The number of rotatable bonds is 11. The lowest BCUT2D eigenvalue weighted by Crippen LogP contribution is -2.58. The summed E-state index contributed by atoms with van der Waals surface area (Å²) in [7, 11) is -3.93. The number of fused-ring (bicyclic) bond motifs is 3.